The lowest BCUT2D eigenvalue weighted by Crippen LogP contribution is -2.24. The van der Waals surface area contributed by atoms with Gasteiger partial charge in [0.25, 0.3) is 0 Å². The molecule has 2 aromatic rings. The number of halogens is 3. The van der Waals surface area contributed by atoms with Crippen molar-refractivity contribution in [3.8, 4) is 11.5 Å². The molecule has 0 saturated heterocycles. The second-order valence-corrected chi connectivity index (χ2v) is 6.58. The zero-order chi connectivity index (χ0) is 23.6. The fraction of sp³-hybridized carbons (Fsp3) is 0.318. The molecule has 0 spiro atoms. The van der Waals surface area contributed by atoms with E-state index < -0.39 is 30.0 Å². The summed E-state index contributed by atoms with van der Waals surface area (Å²) in [7, 11) is 0. The molecular formula is C22H24F3N3O4. The molecule has 0 aliphatic carbocycles. The van der Waals surface area contributed by atoms with Crippen LogP contribution in [-0.2, 0) is 15.8 Å². The van der Waals surface area contributed by atoms with Gasteiger partial charge in [0.05, 0.1) is 25.0 Å². The molecule has 0 saturated carbocycles. The third-order valence-electron chi connectivity index (χ3n) is 3.93. The van der Waals surface area contributed by atoms with E-state index in [0.717, 1.165) is 24.6 Å². The maximum atomic E-state index is 12.7. The topological polar surface area (TPSA) is 89.0 Å². The van der Waals surface area contributed by atoms with E-state index in [1.165, 1.54) is 12.3 Å². The highest BCUT2D eigenvalue weighted by molar-refractivity contribution is 6.03. The van der Waals surface area contributed by atoms with Crippen LogP contribution in [0.5, 0.6) is 11.5 Å². The van der Waals surface area contributed by atoms with Gasteiger partial charge >= 0.3 is 6.18 Å². The van der Waals surface area contributed by atoms with Crippen molar-refractivity contribution in [3.63, 3.8) is 0 Å². The summed E-state index contributed by atoms with van der Waals surface area (Å²) in [5.41, 5.74) is 1.87. The molecule has 10 heteroatoms. The highest BCUT2D eigenvalue weighted by Gasteiger charge is 2.30. The molecule has 0 atom stereocenters. The number of nitrogens with one attached hydrogen (secondary N) is 2. The Morgan fingerprint density at radius 2 is 1.81 bits per heavy atom. The number of alkyl halides is 3. The van der Waals surface area contributed by atoms with Crippen molar-refractivity contribution in [1.29, 1.82) is 0 Å². The summed E-state index contributed by atoms with van der Waals surface area (Å²) < 4.78 is 49.3. The third kappa shape index (κ3) is 7.93. The Bertz CT molecular complexity index is 962. The molecule has 0 bridgehead atoms. The Hall–Kier alpha value is -3.56. The van der Waals surface area contributed by atoms with Crippen LogP contribution in [0.25, 0.3) is 0 Å². The Morgan fingerprint density at radius 1 is 1.03 bits per heavy atom. The molecule has 0 aromatic heterocycles. The minimum absolute atomic E-state index is 0.0602. The lowest BCUT2D eigenvalue weighted by atomic mass is 10.2. The number of nitrogens with zero attached hydrogens (tertiary/aromatic N) is 1. The van der Waals surface area contributed by atoms with Gasteiger partial charge in [0, 0.05) is 5.69 Å². The number of hydrogen-bond acceptors (Lipinski definition) is 5. The van der Waals surface area contributed by atoms with Gasteiger partial charge in [0.1, 0.15) is 6.42 Å². The average Bonchev–Trinajstić information content (AvgIpc) is 2.73. The SMILES string of the molecule is CCCOc1ccc(C=NNC(=O)CC(=O)Nc2cccc(C(F)(F)F)c2)cc1OCC. The third-order valence-corrected chi connectivity index (χ3v) is 3.93. The van der Waals surface area contributed by atoms with E-state index in [9.17, 15) is 22.8 Å². The minimum atomic E-state index is -4.53. The van der Waals surface area contributed by atoms with Crippen molar-refractivity contribution in [2.75, 3.05) is 18.5 Å². The summed E-state index contributed by atoms with van der Waals surface area (Å²) in [6.45, 7) is 4.83. The van der Waals surface area contributed by atoms with Gasteiger partial charge in [-0.1, -0.05) is 13.0 Å². The van der Waals surface area contributed by atoms with Crippen molar-refractivity contribution >= 4 is 23.7 Å². The Kier molecular flexibility index (Phi) is 9.06. The first-order chi connectivity index (χ1) is 15.2. The van der Waals surface area contributed by atoms with Crippen molar-refractivity contribution in [2.45, 2.75) is 32.9 Å². The number of carbonyl (C=O) groups is 2. The standard InChI is InChI=1S/C22H24F3N3O4/c1-3-10-32-18-9-8-15(11-19(18)31-4-2)14-26-28-21(30)13-20(29)27-17-7-5-6-16(12-17)22(23,24)25/h5-9,11-12,14H,3-4,10,13H2,1-2H3,(H,27,29)(H,28,30). The lowest BCUT2D eigenvalue weighted by molar-refractivity contribution is -0.137. The molecule has 7 nitrogen and oxygen atoms in total. The first kappa shape index (κ1) is 24.7. The Balaban J connectivity index is 1.91. The zero-order valence-corrected chi connectivity index (χ0v) is 17.7. The van der Waals surface area contributed by atoms with E-state index in [1.807, 2.05) is 13.8 Å². The van der Waals surface area contributed by atoms with Gasteiger partial charge in [0.2, 0.25) is 11.8 Å². The first-order valence-electron chi connectivity index (χ1n) is 9.91. The predicted molar refractivity (Wildman–Crippen MR) is 114 cm³/mol. The molecule has 2 aromatic carbocycles. The van der Waals surface area contributed by atoms with Gasteiger partial charge < -0.3 is 14.8 Å². The number of benzene rings is 2. The highest BCUT2D eigenvalue weighted by atomic mass is 19.4. The van der Waals surface area contributed by atoms with Crippen LogP contribution in [0, 0.1) is 0 Å². The number of ether oxygens (including phenoxy) is 2. The largest absolute Gasteiger partial charge is 0.490 e. The van der Waals surface area contributed by atoms with Crippen LogP contribution < -0.4 is 20.2 Å². The fourth-order valence-electron chi connectivity index (χ4n) is 2.55. The normalized spacial score (nSPS) is 11.3. The summed E-state index contributed by atoms with van der Waals surface area (Å²) in [4.78, 5) is 23.8. The van der Waals surface area contributed by atoms with E-state index in [0.29, 0.717) is 30.3 Å². The molecule has 172 valence electrons. The van der Waals surface area contributed by atoms with Crippen LogP contribution in [0.1, 0.15) is 37.8 Å². The highest BCUT2D eigenvalue weighted by Crippen LogP contribution is 2.30. The van der Waals surface area contributed by atoms with Crippen molar-refractivity contribution in [3.05, 3.63) is 53.6 Å². The monoisotopic (exact) mass is 451 g/mol. The predicted octanol–water partition coefficient (Wildman–Crippen LogP) is 4.37. The Labute approximate surface area is 183 Å². The summed E-state index contributed by atoms with van der Waals surface area (Å²) in [6.07, 6.45) is -2.92. The van der Waals surface area contributed by atoms with Gasteiger partial charge in [-0.05, 0) is 55.3 Å². The molecule has 0 radical (unpaired) electrons. The van der Waals surface area contributed by atoms with Gasteiger partial charge in [-0.2, -0.15) is 18.3 Å². The number of amides is 2. The number of anilines is 1. The van der Waals surface area contributed by atoms with E-state index in [1.54, 1.807) is 18.2 Å². The van der Waals surface area contributed by atoms with Crippen molar-refractivity contribution < 1.29 is 32.2 Å². The van der Waals surface area contributed by atoms with E-state index in [4.69, 9.17) is 9.47 Å². The van der Waals surface area contributed by atoms with Gasteiger partial charge in [0.15, 0.2) is 11.5 Å². The fourth-order valence-corrected chi connectivity index (χ4v) is 2.55. The molecule has 32 heavy (non-hydrogen) atoms. The summed E-state index contributed by atoms with van der Waals surface area (Å²) in [5, 5.41) is 6.05. The molecule has 0 fully saturated rings. The summed E-state index contributed by atoms with van der Waals surface area (Å²) >= 11 is 0. The van der Waals surface area contributed by atoms with Crippen LogP contribution in [0.2, 0.25) is 0 Å². The van der Waals surface area contributed by atoms with Crippen LogP contribution >= 0.6 is 0 Å². The van der Waals surface area contributed by atoms with Crippen molar-refractivity contribution in [1.82, 2.24) is 5.43 Å². The average molecular weight is 451 g/mol. The van der Waals surface area contributed by atoms with E-state index in [2.05, 4.69) is 15.8 Å². The van der Waals surface area contributed by atoms with Gasteiger partial charge in [-0.15, -0.1) is 0 Å². The van der Waals surface area contributed by atoms with Gasteiger partial charge in [-0.3, -0.25) is 9.59 Å². The smallest absolute Gasteiger partial charge is 0.416 e. The van der Waals surface area contributed by atoms with Gasteiger partial charge in [-0.25, -0.2) is 5.43 Å². The Morgan fingerprint density at radius 3 is 2.50 bits per heavy atom. The number of rotatable bonds is 10. The van der Waals surface area contributed by atoms with E-state index in [-0.39, 0.29) is 5.69 Å². The second kappa shape index (κ2) is 11.7. The summed E-state index contributed by atoms with van der Waals surface area (Å²) in [5.74, 6) is -0.357. The van der Waals surface area contributed by atoms with Crippen molar-refractivity contribution in [2.24, 2.45) is 5.10 Å². The zero-order valence-electron chi connectivity index (χ0n) is 17.7. The molecule has 0 heterocycles. The number of hydrogen-bond donors (Lipinski definition) is 2. The van der Waals surface area contributed by atoms with E-state index >= 15 is 0 Å². The molecule has 2 N–H and O–H groups in total. The second-order valence-electron chi connectivity index (χ2n) is 6.58. The molecule has 0 aliphatic heterocycles. The minimum Gasteiger partial charge on any atom is -0.490 e. The molecular weight excluding hydrogens is 427 g/mol. The summed E-state index contributed by atoms with van der Waals surface area (Å²) in [6, 6.07) is 9.29. The van der Waals surface area contributed by atoms with Crippen LogP contribution in [0.3, 0.4) is 0 Å². The van der Waals surface area contributed by atoms with Crippen LogP contribution in [-0.4, -0.2) is 31.2 Å². The molecule has 2 rings (SSSR count). The number of hydrazone groups is 1. The number of carbonyl (C=O) groups excluding carboxylic acids is 2. The molecule has 0 unspecified atom stereocenters. The lowest BCUT2D eigenvalue weighted by Gasteiger charge is -2.11. The first-order valence-corrected chi connectivity index (χ1v) is 9.91. The maximum absolute atomic E-state index is 12.7. The molecule has 0 aliphatic rings. The quantitative estimate of drug-likeness (QED) is 0.319. The van der Waals surface area contributed by atoms with Crippen LogP contribution in [0.4, 0.5) is 18.9 Å². The van der Waals surface area contributed by atoms with Crippen LogP contribution in [0.15, 0.2) is 47.6 Å². The maximum Gasteiger partial charge on any atom is 0.416 e. The molecule has 2 amide bonds.